The second kappa shape index (κ2) is 9.01. The molecule has 4 aromatic rings. The van der Waals surface area contributed by atoms with Crippen molar-refractivity contribution in [2.45, 2.75) is 38.0 Å². The molecule has 0 amide bonds. The first-order valence-electron chi connectivity index (χ1n) is 13.4. The van der Waals surface area contributed by atoms with Crippen LogP contribution >= 0.6 is 0 Å². The van der Waals surface area contributed by atoms with Crippen LogP contribution < -0.4 is 4.90 Å². The normalized spacial score (nSPS) is 20.9. The summed E-state index contributed by atoms with van der Waals surface area (Å²) in [5, 5.41) is 2.30. The van der Waals surface area contributed by atoms with E-state index in [1.807, 2.05) is 6.07 Å². The van der Waals surface area contributed by atoms with E-state index in [1.165, 1.54) is 28.6 Å². The summed E-state index contributed by atoms with van der Waals surface area (Å²) in [6.45, 7) is 6.69. The van der Waals surface area contributed by atoms with Crippen molar-refractivity contribution in [3.8, 4) is 0 Å². The molecule has 4 heteroatoms. The standard InChI is InChI=1S/C35H33F2N2/c1-34(2)27-13-8-9-14-29(27)38(4)31(34)15-10-16-32-35(3,22-24-17-19-25(36)21-28(24)37)33-26-12-7-6-11-23(26)18-20-30(33)39(32)5/h6-21H,22H2,1-5H3/q+1. The first-order valence-corrected chi connectivity index (χ1v) is 13.4. The SMILES string of the molecule is CN1C(=CC=CC2=[N+](C)c3ccccc3C2(C)C)C(C)(Cc2ccc(F)cc2F)c2c1ccc1ccccc21. The van der Waals surface area contributed by atoms with Crippen LogP contribution in [0.2, 0.25) is 0 Å². The smallest absolute Gasteiger partial charge is 0.209 e. The number of rotatable bonds is 4. The van der Waals surface area contributed by atoms with E-state index < -0.39 is 17.0 Å². The molecule has 0 radical (unpaired) electrons. The molecule has 0 saturated carbocycles. The second-order valence-electron chi connectivity index (χ2n) is 11.5. The van der Waals surface area contributed by atoms with E-state index >= 15 is 4.39 Å². The highest BCUT2D eigenvalue weighted by Gasteiger charge is 2.45. The largest absolute Gasteiger partial charge is 0.347 e. The number of hydrogen-bond acceptors (Lipinski definition) is 1. The lowest BCUT2D eigenvalue weighted by molar-refractivity contribution is -0.401. The van der Waals surface area contributed by atoms with Crippen LogP contribution in [0.1, 0.15) is 37.5 Å². The molecule has 1 atom stereocenters. The molecule has 1 unspecified atom stereocenters. The fourth-order valence-electron chi connectivity index (χ4n) is 6.80. The third-order valence-corrected chi connectivity index (χ3v) is 8.75. The van der Waals surface area contributed by atoms with E-state index in [0.29, 0.717) is 12.0 Å². The van der Waals surface area contributed by atoms with Gasteiger partial charge in [-0.15, -0.1) is 0 Å². The first kappa shape index (κ1) is 25.2. The summed E-state index contributed by atoms with van der Waals surface area (Å²) in [5.41, 5.74) is 6.96. The van der Waals surface area contributed by atoms with Crippen LogP contribution in [-0.4, -0.2) is 24.4 Å². The van der Waals surface area contributed by atoms with Crippen molar-refractivity contribution in [1.82, 2.24) is 0 Å². The molecule has 0 aromatic heterocycles. The van der Waals surface area contributed by atoms with Crippen LogP contribution in [0.4, 0.5) is 20.2 Å². The van der Waals surface area contributed by atoms with Gasteiger partial charge in [-0.1, -0.05) is 60.7 Å². The molecule has 6 rings (SSSR count). The summed E-state index contributed by atoms with van der Waals surface area (Å²) in [6, 6.07) is 25.1. The Bertz CT molecular complexity index is 1730. The van der Waals surface area contributed by atoms with Gasteiger partial charge in [0, 0.05) is 47.6 Å². The molecule has 2 aliphatic heterocycles. The van der Waals surface area contributed by atoms with E-state index in [0.717, 1.165) is 28.2 Å². The maximum Gasteiger partial charge on any atom is 0.209 e. The monoisotopic (exact) mass is 519 g/mol. The van der Waals surface area contributed by atoms with Crippen LogP contribution in [0.25, 0.3) is 10.8 Å². The predicted molar refractivity (Wildman–Crippen MR) is 157 cm³/mol. The van der Waals surface area contributed by atoms with Crippen molar-refractivity contribution in [2.24, 2.45) is 0 Å². The number of halogens is 2. The number of fused-ring (bicyclic) bond motifs is 4. The van der Waals surface area contributed by atoms with Gasteiger partial charge in [-0.05, 0) is 67.3 Å². The van der Waals surface area contributed by atoms with Gasteiger partial charge in [0.2, 0.25) is 5.69 Å². The maximum absolute atomic E-state index is 15.0. The summed E-state index contributed by atoms with van der Waals surface area (Å²) >= 11 is 0. The summed E-state index contributed by atoms with van der Waals surface area (Å²) in [6.07, 6.45) is 6.90. The number of likely N-dealkylation sites (N-methyl/N-ethyl adjacent to an activating group) is 1. The molecule has 0 fully saturated rings. The van der Waals surface area contributed by atoms with Gasteiger partial charge < -0.3 is 4.90 Å². The Morgan fingerprint density at radius 1 is 0.897 bits per heavy atom. The molecular formula is C35H33F2N2+. The van der Waals surface area contributed by atoms with Gasteiger partial charge >= 0.3 is 0 Å². The van der Waals surface area contributed by atoms with Crippen LogP contribution in [0.3, 0.4) is 0 Å². The zero-order valence-corrected chi connectivity index (χ0v) is 23.1. The maximum atomic E-state index is 15.0. The average Bonchev–Trinajstić information content (AvgIpc) is 3.25. The molecule has 2 nitrogen and oxygen atoms in total. The summed E-state index contributed by atoms with van der Waals surface area (Å²) in [4.78, 5) is 2.22. The van der Waals surface area contributed by atoms with E-state index in [1.54, 1.807) is 6.07 Å². The molecule has 0 bridgehead atoms. The van der Waals surface area contributed by atoms with Crippen molar-refractivity contribution in [3.63, 3.8) is 0 Å². The third-order valence-electron chi connectivity index (χ3n) is 8.75. The van der Waals surface area contributed by atoms with Crippen molar-refractivity contribution >= 4 is 27.9 Å². The van der Waals surface area contributed by atoms with E-state index in [-0.39, 0.29) is 5.41 Å². The lowest BCUT2D eigenvalue weighted by atomic mass is 9.74. The summed E-state index contributed by atoms with van der Waals surface area (Å²) < 4.78 is 31.0. The van der Waals surface area contributed by atoms with Gasteiger partial charge in [-0.3, -0.25) is 0 Å². The molecular weight excluding hydrogens is 486 g/mol. The van der Waals surface area contributed by atoms with E-state index in [4.69, 9.17) is 0 Å². The molecule has 2 aliphatic rings. The number of para-hydroxylation sites is 1. The molecule has 4 aromatic carbocycles. The highest BCUT2D eigenvalue weighted by Crippen LogP contribution is 2.52. The molecule has 0 N–H and O–H groups in total. The molecule has 0 spiro atoms. The van der Waals surface area contributed by atoms with E-state index in [2.05, 4.69) is 117 Å². The fraction of sp³-hybridized carbons (Fsp3) is 0.229. The van der Waals surface area contributed by atoms with Gasteiger partial charge in [0.05, 0.1) is 5.41 Å². The minimum absolute atomic E-state index is 0.123. The number of hydrogen-bond donors (Lipinski definition) is 0. The molecule has 196 valence electrons. The topological polar surface area (TPSA) is 6.25 Å². The van der Waals surface area contributed by atoms with Gasteiger partial charge in [-0.2, -0.15) is 4.58 Å². The van der Waals surface area contributed by atoms with Crippen molar-refractivity contribution in [2.75, 3.05) is 19.0 Å². The molecule has 0 aliphatic carbocycles. The minimum Gasteiger partial charge on any atom is -0.347 e. The van der Waals surface area contributed by atoms with Crippen molar-refractivity contribution < 1.29 is 13.4 Å². The van der Waals surface area contributed by atoms with Gasteiger partial charge in [-0.25, -0.2) is 8.78 Å². The first-order chi connectivity index (χ1) is 18.6. The highest BCUT2D eigenvalue weighted by molar-refractivity contribution is 6.03. The molecule has 2 heterocycles. The predicted octanol–water partition coefficient (Wildman–Crippen LogP) is 8.21. The Kier molecular flexibility index (Phi) is 5.83. The molecule has 39 heavy (non-hydrogen) atoms. The van der Waals surface area contributed by atoms with Gasteiger partial charge in [0.15, 0.2) is 5.71 Å². The van der Waals surface area contributed by atoms with Gasteiger partial charge in [0.1, 0.15) is 18.7 Å². The molecule has 0 saturated heterocycles. The second-order valence-corrected chi connectivity index (χ2v) is 11.5. The Hall–Kier alpha value is -4.05. The zero-order valence-electron chi connectivity index (χ0n) is 23.1. The summed E-state index contributed by atoms with van der Waals surface area (Å²) in [7, 11) is 4.19. The number of allylic oxidation sites excluding steroid dienone is 4. The Balaban J connectivity index is 1.49. The average molecular weight is 520 g/mol. The van der Waals surface area contributed by atoms with Crippen molar-refractivity contribution in [1.29, 1.82) is 0 Å². The minimum atomic E-state index is -0.559. The van der Waals surface area contributed by atoms with Crippen LogP contribution in [0, 0.1) is 11.6 Å². The van der Waals surface area contributed by atoms with Crippen LogP contribution in [-0.2, 0) is 17.3 Å². The van der Waals surface area contributed by atoms with E-state index in [9.17, 15) is 4.39 Å². The van der Waals surface area contributed by atoms with Gasteiger partial charge in [0.25, 0.3) is 0 Å². The van der Waals surface area contributed by atoms with Crippen LogP contribution in [0.15, 0.2) is 103 Å². The quantitative estimate of drug-likeness (QED) is 0.246. The highest BCUT2D eigenvalue weighted by atomic mass is 19.1. The van der Waals surface area contributed by atoms with Crippen molar-refractivity contribution in [3.05, 3.63) is 131 Å². The van der Waals surface area contributed by atoms with Crippen LogP contribution in [0.5, 0.6) is 0 Å². The lowest BCUT2D eigenvalue weighted by Crippen LogP contribution is -2.29. The summed E-state index contributed by atoms with van der Waals surface area (Å²) in [5.74, 6) is -1.07. The number of nitrogens with zero attached hydrogens (tertiary/aromatic N) is 2. The number of benzene rings is 4. The number of anilines is 1. The Morgan fingerprint density at radius 2 is 1.64 bits per heavy atom. The third kappa shape index (κ3) is 3.84. The fourth-order valence-corrected chi connectivity index (χ4v) is 6.80. The Labute approximate surface area is 229 Å². The lowest BCUT2D eigenvalue weighted by Gasteiger charge is -2.29. The Morgan fingerprint density at radius 3 is 2.41 bits per heavy atom. The zero-order chi connectivity index (χ0) is 27.5.